The summed E-state index contributed by atoms with van der Waals surface area (Å²) in [5.41, 5.74) is 6.79. The smallest absolute Gasteiger partial charge is 0.121 e. The highest BCUT2D eigenvalue weighted by atomic mass is 15.0. The van der Waals surface area contributed by atoms with Crippen LogP contribution in [0.2, 0.25) is 0 Å². The highest BCUT2D eigenvalue weighted by molar-refractivity contribution is 6.00. The number of aliphatic imine (C=N–C) groups is 1. The van der Waals surface area contributed by atoms with Gasteiger partial charge in [0.15, 0.2) is 0 Å². The average molecular weight is 479 g/mol. The molecule has 0 amide bonds. The first-order valence-corrected chi connectivity index (χ1v) is 14.2. The van der Waals surface area contributed by atoms with Crippen LogP contribution in [0.25, 0.3) is 5.57 Å². The molecule has 1 aliphatic heterocycles. The Morgan fingerprint density at radius 2 is 1.83 bits per heavy atom. The number of nitrogens with one attached hydrogen (secondary N) is 1. The molecule has 0 bridgehead atoms. The summed E-state index contributed by atoms with van der Waals surface area (Å²) in [5, 5.41) is 3.84. The molecule has 0 radical (unpaired) electrons. The third-order valence-corrected chi connectivity index (χ3v) is 9.49. The van der Waals surface area contributed by atoms with Crippen molar-refractivity contribution < 1.29 is 0 Å². The molecular weight excluding hydrogens is 436 g/mol. The number of hydrogen-bond acceptors (Lipinski definition) is 2. The molecule has 2 aliphatic carbocycles. The zero-order valence-electron chi connectivity index (χ0n) is 22.4. The molecular formula is C34H42N2. The molecule has 2 heteroatoms. The molecule has 0 spiro atoms. The maximum Gasteiger partial charge on any atom is 0.121 e. The first-order chi connectivity index (χ1) is 17.6. The van der Waals surface area contributed by atoms with E-state index in [2.05, 4.69) is 86.6 Å². The van der Waals surface area contributed by atoms with E-state index in [4.69, 9.17) is 11.4 Å². The van der Waals surface area contributed by atoms with E-state index >= 15 is 0 Å². The number of hydrogen-bond donors (Lipinski definition) is 1. The molecule has 3 aliphatic rings. The van der Waals surface area contributed by atoms with Gasteiger partial charge in [0.1, 0.15) is 5.84 Å². The van der Waals surface area contributed by atoms with E-state index in [1.54, 1.807) is 0 Å². The summed E-state index contributed by atoms with van der Waals surface area (Å²) in [7, 11) is 0. The van der Waals surface area contributed by atoms with Gasteiger partial charge in [0.05, 0.1) is 0 Å². The highest BCUT2D eigenvalue weighted by Crippen LogP contribution is 2.69. The zero-order valence-corrected chi connectivity index (χ0v) is 22.4. The second-order valence-electron chi connectivity index (χ2n) is 11.5. The molecule has 2 nitrogen and oxygen atoms in total. The lowest BCUT2D eigenvalue weighted by molar-refractivity contribution is 0.241. The van der Waals surface area contributed by atoms with Gasteiger partial charge in [-0.15, -0.1) is 6.42 Å². The van der Waals surface area contributed by atoms with Gasteiger partial charge >= 0.3 is 0 Å². The maximum atomic E-state index is 5.62. The largest absolute Gasteiger partial charge is 0.370 e. The first kappa shape index (κ1) is 24.9. The van der Waals surface area contributed by atoms with Gasteiger partial charge in [-0.1, -0.05) is 74.6 Å². The fraction of sp³-hybridized carbons (Fsp3) is 0.500. The number of fused-ring (bicyclic) bond motifs is 1. The lowest BCUT2D eigenvalue weighted by Gasteiger charge is -2.27. The average Bonchev–Trinajstić information content (AvgIpc) is 3.59. The summed E-state index contributed by atoms with van der Waals surface area (Å²) in [4.78, 5) is 5.04. The Labute approximate surface area is 218 Å². The standard InChI is InChI=1S/C34H42N2/c1-5-18-34-19-16-26(7-3)21-31(34)32(34)23-36-33-22-30(28-12-8-24(4)9-13-28)29(17-20-35-33)27-14-10-25(6-2)11-15-27/h2,8-15,22,26,29,31-32H,5,7,16-21,23H2,1,3-4H3,(H,35,36). The molecule has 5 unspecified atom stereocenters. The van der Waals surface area contributed by atoms with Gasteiger partial charge in [-0.05, 0) is 97.1 Å². The highest BCUT2D eigenvalue weighted by Gasteiger charge is 2.64. The second kappa shape index (κ2) is 10.7. The summed E-state index contributed by atoms with van der Waals surface area (Å²) in [6.07, 6.45) is 17.3. The predicted molar refractivity (Wildman–Crippen MR) is 153 cm³/mol. The number of amidine groups is 1. The predicted octanol–water partition coefficient (Wildman–Crippen LogP) is 7.78. The number of nitrogens with zero attached hydrogens (tertiary/aromatic N) is 1. The fourth-order valence-electron chi connectivity index (χ4n) is 7.34. The van der Waals surface area contributed by atoms with Crippen LogP contribution in [0.4, 0.5) is 0 Å². The molecule has 0 aromatic heterocycles. The van der Waals surface area contributed by atoms with Crippen LogP contribution < -0.4 is 5.32 Å². The number of aryl methyl sites for hydroxylation is 1. The maximum absolute atomic E-state index is 5.62. The van der Waals surface area contributed by atoms with E-state index < -0.39 is 0 Å². The monoisotopic (exact) mass is 478 g/mol. The van der Waals surface area contributed by atoms with E-state index in [0.717, 1.165) is 48.7 Å². The van der Waals surface area contributed by atoms with Crippen molar-refractivity contribution in [3.8, 4) is 12.3 Å². The quantitative estimate of drug-likeness (QED) is 0.404. The van der Waals surface area contributed by atoms with Crippen molar-refractivity contribution in [2.24, 2.45) is 28.2 Å². The molecule has 1 heterocycles. The number of benzene rings is 2. The molecule has 2 aromatic rings. The summed E-state index contributed by atoms with van der Waals surface area (Å²) >= 11 is 0. The van der Waals surface area contributed by atoms with E-state index in [9.17, 15) is 0 Å². The Balaban J connectivity index is 1.38. The van der Waals surface area contributed by atoms with E-state index in [-0.39, 0.29) is 0 Å². The first-order valence-electron chi connectivity index (χ1n) is 14.2. The van der Waals surface area contributed by atoms with Gasteiger partial charge < -0.3 is 5.32 Å². The van der Waals surface area contributed by atoms with E-state index in [0.29, 0.717) is 11.3 Å². The summed E-state index contributed by atoms with van der Waals surface area (Å²) in [5.74, 6) is 6.79. The normalized spacial score (nSPS) is 29.3. The van der Waals surface area contributed by atoms with Crippen LogP contribution in [-0.2, 0) is 0 Å². The lowest BCUT2D eigenvalue weighted by atomic mass is 9.78. The van der Waals surface area contributed by atoms with E-state index in [1.165, 1.54) is 60.8 Å². The van der Waals surface area contributed by atoms with Gasteiger partial charge in [-0.2, -0.15) is 0 Å². The van der Waals surface area contributed by atoms with Gasteiger partial charge in [0.25, 0.3) is 0 Å². The second-order valence-corrected chi connectivity index (χ2v) is 11.5. The van der Waals surface area contributed by atoms with Crippen LogP contribution in [0.1, 0.15) is 87.0 Å². The zero-order chi connectivity index (χ0) is 25.1. The van der Waals surface area contributed by atoms with Crippen molar-refractivity contribution >= 4 is 11.4 Å². The third kappa shape index (κ3) is 4.90. The Morgan fingerprint density at radius 3 is 2.53 bits per heavy atom. The van der Waals surface area contributed by atoms with Crippen LogP contribution >= 0.6 is 0 Å². The Bertz CT molecular complexity index is 1150. The Hall–Kier alpha value is -2.79. The molecule has 2 fully saturated rings. The molecule has 2 saturated carbocycles. The van der Waals surface area contributed by atoms with Gasteiger partial charge in [0, 0.05) is 24.6 Å². The molecule has 2 aromatic carbocycles. The molecule has 5 atom stereocenters. The minimum absolute atomic E-state index is 0.308. The van der Waals surface area contributed by atoms with Crippen molar-refractivity contribution in [3.63, 3.8) is 0 Å². The topological polar surface area (TPSA) is 24.4 Å². The van der Waals surface area contributed by atoms with Crippen LogP contribution in [-0.4, -0.2) is 18.9 Å². The SMILES string of the molecule is C#Cc1ccc(C2CCN=C(NCC3C4CC(CC)CCC34CCC)C=C2c2ccc(C)cc2)cc1. The molecule has 5 rings (SSSR count). The number of rotatable bonds is 7. The third-order valence-electron chi connectivity index (χ3n) is 9.49. The van der Waals surface area contributed by atoms with Crippen molar-refractivity contribution in [3.05, 3.63) is 76.9 Å². The molecule has 0 saturated heterocycles. The van der Waals surface area contributed by atoms with Crippen molar-refractivity contribution in [2.75, 3.05) is 13.1 Å². The minimum Gasteiger partial charge on any atom is -0.370 e. The number of allylic oxidation sites excluding steroid dienone is 1. The van der Waals surface area contributed by atoms with Gasteiger partial charge in [-0.25, -0.2) is 0 Å². The summed E-state index contributed by atoms with van der Waals surface area (Å²) in [6, 6.07) is 17.5. The van der Waals surface area contributed by atoms with Crippen molar-refractivity contribution in [1.82, 2.24) is 5.32 Å². The fourth-order valence-corrected chi connectivity index (χ4v) is 7.34. The van der Waals surface area contributed by atoms with Crippen LogP contribution in [0.3, 0.4) is 0 Å². The van der Waals surface area contributed by atoms with Crippen LogP contribution in [0, 0.1) is 42.4 Å². The van der Waals surface area contributed by atoms with Gasteiger partial charge in [-0.3, -0.25) is 4.99 Å². The van der Waals surface area contributed by atoms with Crippen LogP contribution in [0.15, 0.2) is 59.6 Å². The van der Waals surface area contributed by atoms with Crippen molar-refractivity contribution in [2.45, 2.75) is 71.6 Å². The Kier molecular flexibility index (Phi) is 7.38. The minimum atomic E-state index is 0.308. The molecule has 188 valence electrons. The molecule has 36 heavy (non-hydrogen) atoms. The summed E-state index contributed by atoms with van der Waals surface area (Å²) in [6.45, 7) is 8.80. The van der Waals surface area contributed by atoms with E-state index in [1.807, 2.05) is 0 Å². The summed E-state index contributed by atoms with van der Waals surface area (Å²) < 4.78 is 0. The Morgan fingerprint density at radius 1 is 1.06 bits per heavy atom. The molecule has 1 N–H and O–H groups in total. The van der Waals surface area contributed by atoms with Crippen LogP contribution in [0.5, 0.6) is 0 Å². The lowest BCUT2D eigenvalue weighted by Crippen LogP contribution is -2.26. The number of terminal acetylenes is 1. The van der Waals surface area contributed by atoms with Crippen molar-refractivity contribution in [1.29, 1.82) is 0 Å². The van der Waals surface area contributed by atoms with Gasteiger partial charge in [0.2, 0.25) is 0 Å².